The van der Waals surface area contributed by atoms with Crippen molar-refractivity contribution in [3.05, 3.63) is 95.6 Å². The molecule has 5 aromatic heterocycles. The maximum absolute atomic E-state index is 14.5. The van der Waals surface area contributed by atoms with Gasteiger partial charge in [0.1, 0.15) is 36.5 Å². The van der Waals surface area contributed by atoms with Crippen LogP contribution in [0.1, 0.15) is 87.8 Å². The van der Waals surface area contributed by atoms with Crippen molar-refractivity contribution < 1.29 is 47.3 Å². The summed E-state index contributed by atoms with van der Waals surface area (Å²) in [7, 11) is 0. The fraction of sp³-hybridized carbons (Fsp3) is 0.500. The van der Waals surface area contributed by atoms with Gasteiger partial charge in [-0.15, -0.1) is 21.5 Å². The number of benzene rings is 1. The number of alkyl halides is 2. The summed E-state index contributed by atoms with van der Waals surface area (Å²) in [6, 6.07) is 15.5. The van der Waals surface area contributed by atoms with Crippen LogP contribution in [0.2, 0.25) is 0 Å². The van der Waals surface area contributed by atoms with Gasteiger partial charge in [-0.1, -0.05) is 32.0 Å². The molecule has 9 heterocycles. The zero-order valence-corrected chi connectivity index (χ0v) is 45.1. The van der Waals surface area contributed by atoms with E-state index in [-0.39, 0.29) is 72.2 Å². The van der Waals surface area contributed by atoms with Gasteiger partial charge in [0.05, 0.1) is 51.5 Å². The molecule has 4 saturated heterocycles. The highest BCUT2D eigenvalue weighted by atomic mass is 32.1. The van der Waals surface area contributed by atoms with Crippen LogP contribution in [0.3, 0.4) is 0 Å². The standard InChI is InChI=1S/C56H66F2N12O8S/c1-31(2)50(56(74)69-29-37(71)21-45(69)55(73)63-51(53(57)58)33-8-11-42(61-26-33)52-32(3)62-30-79-52)47-25-49(66-78-47)75-19-18-67-16-13-38(14-17-67)76-39-22-40(23-39)77-48-20-34(12-15-60-48)70-35-9-10-36(70)28-68(27-35)44-24-43(64-65-54(44)59)41-6-4-5-7-46(41)72/h4-8,11-12,15,20,24-26,30-31,35-40,45,50-51,53,71-72H,9-10,13-14,16-19,21-23,27-29H2,1-3H3,(H2,59,65)(H,63,73)/t35-,36?,37-,39?,40?,45+,50-,51-/m1/s1. The van der Waals surface area contributed by atoms with Crippen LogP contribution < -0.4 is 30.3 Å². The Morgan fingerprint density at radius 2 is 1.68 bits per heavy atom. The Balaban J connectivity index is 0.608. The number of thiazole rings is 1. The van der Waals surface area contributed by atoms with E-state index < -0.39 is 42.3 Å². The zero-order chi connectivity index (χ0) is 54.9. The highest BCUT2D eigenvalue weighted by molar-refractivity contribution is 7.13. The number of nitrogens with zero attached hydrogens (tertiary/aromatic N) is 10. The lowest BCUT2D eigenvalue weighted by molar-refractivity contribution is -0.141. The molecule has 79 heavy (non-hydrogen) atoms. The SMILES string of the molecule is Cc1ncsc1-c1ccc([C@@H](NC(=O)[C@@H]2C[C@@H](O)CN2C(=O)[C@@H](c2cc(OCCN3CCC(OC4CC(Oc5cc(N6C7CC[C@@H]6CN(c6cc(-c8ccccc8O)nnc6N)C7)ccn5)C4)CC3)no2)C(C)C)C(F)F)cn1. The van der Waals surface area contributed by atoms with Crippen molar-refractivity contribution in [2.75, 3.05) is 61.4 Å². The van der Waals surface area contributed by atoms with Crippen molar-refractivity contribution in [2.24, 2.45) is 5.92 Å². The van der Waals surface area contributed by atoms with Gasteiger partial charge in [0.25, 0.3) is 12.3 Å². The fourth-order valence-electron chi connectivity index (χ4n) is 11.8. The van der Waals surface area contributed by atoms with Gasteiger partial charge in [0.15, 0.2) is 11.6 Å². The van der Waals surface area contributed by atoms with Crippen molar-refractivity contribution in [3.8, 4) is 39.3 Å². The molecule has 5 aliphatic rings. The Labute approximate surface area is 460 Å². The van der Waals surface area contributed by atoms with Crippen molar-refractivity contribution in [2.45, 2.75) is 127 Å². The van der Waals surface area contributed by atoms with Crippen LogP contribution in [0.4, 0.5) is 26.0 Å². The number of piperidine rings is 1. The summed E-state index contributed by atoms with van der Waals surface area (Å²) in [5.74, 6) is -0.906. The number of anilines is 3. The lowest BCUT2D eigenvalue weighted by atomic mass is 9.91. The molecule has 23 heteroatoms. The minimum atomic E-state index is -2.97. The molecule has 418 valence electrons. The second-order valence-electron chi connectivity index (χ2n) is 21.7. The number of aromatic hydroxyl groups is 1. The predicted octanol–water partition coefficient (Wildman–Crippen LogP) is 6.79. The number of ether oxygens (including phenoxy) is 3. The van der Waals surface area contributed by atoms with E-state index in [1.165, 1.54) is 28.5 Å². The van der Waals surface area contributed by atoms with Crippen LogP contribution in [0.25, 0.3) is 21.8 Å². The number of hydrogen-bond acceptors (Lipinski definition) is 19. The van der Waals surface area contributed by atoms with Gasteiger partial charge in [-0.05, 0) is 79.6 Å². The van der Waals surface area contributed by atoms with Gasteiger partial charge in [0.2, 0.25) is 17.7 Å². The first-order valence-electron chi connectivity index (χ1n) is 27.2. The molecular formula is C56H66F2N12O8S. The number of amides is 2. The number of phenols is 1. The number of aromatic nitrogens is 6. The monoisotopic (exact) mass is 1100 g/mol. The van der Waals surface area contributed by atoms with Gasteiger partial charge in [-0.3, -0.25) is 19.5 Å². The minimum absolute atomic E-state index is 0.0302. The first-order chi connectivity index (χ1) is 38.2. The quantitative estimate of drug-likeness (QED) is 0.0652. The molecule has 1 saturated carbocycles. The van der Waals surface area contributed by atoms with E-state index in [1.807, 2.05) is 45.2 Å². The largest absolute Gasteiger partial charge is 0.507 e. The smallest absolute Gasteiger partial charge is 0.262 e. The number of aliphatic hydroxyl groups is 1. The Hall–Kier alpha value is -7.08. The number of nitrogen functional groups attached to an aromatic ring is 1. The van der Waals surface area contributed by atoms with Crippen LogP contribution in [0.5, 0.6) is 17.5 Å². The van der Waals surface area contributed by atoms with E-state index in [0.29, 0.717) is 41.8 Å². The third kappa shape index (κ3) is 11.8. The fourth-order valence-corrected chi connectivity index (χ4v) is 12.6. The number of aryl methyl sites for hydroxylation is 1. The maximum atomic E-state index is 14.5. The third-order valence-electron chi connectivity index (χ3n) is 16.0. The van der Waals surface area contributed by atoms with Crippen LogP contribution in [-0.4, -0.2) is 157 Å². The second kappa shape index (κ2) is 23.3. The highest BCUT2D eigenvalue weighted by Gasteiger charge is 2.45. The number of hydrogen-bond donors (Lipinski definition) is 4. The van der Waals surface area contributed by atoms with Crippen molar-refractivity contribution >= 4 is 40.3 Å². The van der Waals surface area contributed by atoms with E-state index in [2.05, 4.69) is 62.5 Å². The van der Waals surface area contributed by atoms with Gasteiger partial charge in [-0.2, -0.15) is 0 Å². The number of carbonyl (C=O) groups is 2. The Morgan fingerprint density at radius 3 is 2.39 bits per heavy atom. The van der Waals surface area contributed by atoms with Crippen molar-refractivity contribution in [1.82, 2.24) is 45.4 Å². The van der Waals surface area contributed by atoms with E-state index in [4.69, 9.17) is 24.5 Å². The van der Waals surface area contributed by atoms with Crippen LogP contribution in [0.15, 0.2) is 83.1 Å². The average molecular weight is 1110 g/mol. The number of rotatable bonds is 19. The van der Waals surface area contributed by atoms with Crippen LogP contribution in [-0.2, 0) is 14.3 Å². The molecule has 5 N–H and O–H groups in total. The minimum Gasteiger partial charge on any atom is -0.507 e. The number of phenolic OH excluding ortho intramolecular Hbond substituents is 1. The predicted molar refractivity (Wildman–Crippen MR) is 290 cm³/mol. The molecule has 4 aliphatic heterocycles. The Bertz CT molecular complexity index is 3070. The van der Waals surface area contributed by atoms with E-state index in [9.17, 15) is 28.6 Å². The topological polar surface area (TPSA) is 244 Å². The van der Waals surface area contributed by atoms with E-state index >= 15 is 0 Å². The summed E-state index contributed by atoms with van der Waals surface area (Å²) in [6.45, 7) is 9.57. The normalized spacial score (nSPS) is 23.3. The summed E-state index contributed by atoms with van der Waals surface area (Å²) in [6.07, 6.45) is 4.82. The first kappa shape index (κ1) is 53.9. The van der Waals surface area contributed by atoms with Gasteiger partial charge >= 0.3 is 0 Å². The van der Waals surface area contributed by atoms with Crippen LogP contribution >= 0.6 is 11.3 Å². The molecule has 6 atom stereocenters. The van der Waals surface area contributed by atoms with Gasteiger partial charge < -0.3 is 54.7 Å². The number of aliphatic hydroxyl groups excluding tert-OH is 1. The molecule has 0 radical (unpaired) electrons. The zero-order valence-electron chi connectivity index (χ0n) is 44.3. The number of likely N-dealkylation sites (tertiary alicyclic amines) is 2. The van der Waals surface area contributed by atoms with Crippen molar-refractivity contribution in [3.63, 3.8) is 0 Å². The van der Waals surface area contributed by atoms with Crippen molar-refractivity contribution in [1.29, 1.82) is 0 Å². The number of para-hydroxylation sites is 1. The molecule has 20 nitrogen and oxygen atoms in total. The molecule has 2 bridgehead atoms. The molecule has 6 aromatic rings. The summed E-state index contributed by atoms with van der Waals surface area (Å²) < 4.78 is 53.6. The molecule has 2 amide bonds. The van der Waals surface area contributed by atoms with Gasteiger partial charge in [0, 0.05) is 106 Å². The number of nitrogens with two attached hydrogens (primary N) is 1. The van der Waals surface area contributed by atoms with Gasteiger partial charge in [-0.25, -0.2) is 18.7 Å². The maximum Gasteiger partial charge on any atom is 0.262 e. The number of halogens is 2. The summed E-state index contributed by atoms with van der Waals surface area (Å²) >= 11 is 1.39. The molecule has 11 rings (SSSR count). The number of piperazine rings is 1. The molecular weight excluding hydrogens is 1040 g/mol. The highest BCUT2D eigenvalue weighted by Crippen LogP contribution is 2.41. The summed E-state index contributed by atoms with van der Waals surface area (Å²) in [5, 5.41) is 36.2. The Kier molecular flexibility index (Phi) is 15.9. The second-order valence-corrected chi connectivity index (χ2v) is 22.5. The number of nitrogens with one attached hydrogen (secondary N) is 1. The average Bonchev–Trinajstić information content (AvgIpc) is 4.24. The van der Waals surface area contributed by atoms with E-state index in [0.717, 1.165) is 86.6 Å². The number of pyridine rings is 2. The molecule has 0 spiro atoms. The Morgan fingerprint density at radius 1 is 0.899 bits per heavy atom. The molecule has 5 fully saturated rings. The number of fused-ring (bicyclic) bond motifs is 2. The molecule has 1 unspecified atom stereocenters. The lowest BCUT2D eigenvalue weighted by Crippen LogP contribution is -2.54. The number of carbonyl (C=O) groups excluding carboxylic acids is 2. The number of β-amino-alcohol motifs (C(OH)–C–C–N with tert-alkyl or cyclic N) is 1. The van der Waals surface area contributed by atoms with Crippen LogP contribution in [0, 0.1) is 12.8 Å². The molecule has 1 aromatic carbocycles. The third-order valence-corrected chi connectivity index (χ3v) is 17.0. The summed E-state index contributed by atoms with van der Waals surface area (Å²) in [5.41, 5.74) is 12.6. The summed E-state index contributed by atoms with van der Waals surface area (Å²) in [4.78, 5) is 50.2. The molecule has 1 aliphatic carbocycles. The lowest BCUT2D eigenvalue weighted by Gasteiger charge is -2.43. The first-order valence-corrected chi connectivity index (χ1v) is 28.1. The van der Waals surface area contributed by atoms with E-state index in [1.54, 1.807) is 29.8 Å².